The summed E-state index contributed by atoms with van der Waals surface area (Å²) in [7, 11) is 3.31. The third-order valence-electron chi connectivity index (χ3n) is 4.71. The summed E-state index contributed by atoms with van der Waals surface area (Å²) in [5.41, 5.74) is 0.422. The highest BCUT2D eigenvalue weighted by Gasteiger charge is 2.31. The zero-order valence-corrected chi connectivity index (χ0v) is 18.2. The summed E-state index contributed by atoms with van der Waals surface area (Å²) >= 11 is 0. The molecule has 1 saturated heterocycles. The van der Waals surface area contributed by atoms with Crippen LogP contribution in [0, 0.1) is 5.41 Å². The Morgan fingerprint density at radius 3 is 2.71 bits per heavy atom. The molecule has 1 heterocycles. The fourth-order valence-corrected chi connectivity index (χ4v) is 3.51. The fraction of sp³-hybridized carbons (Fsp3) is 0.889. The molecule has 0 spiro atoms. The number of hydrogen-bond acceptors (Lipinski definition) is 3. The number of methoxy groups -OCH3 is 1. The van der Waals surface area contributed by atoms with Gasteiger partial charge in [-0.3, -0.25) is 9.79 Å². The summed E-state index contributed by atoms with van der Waals surface area (Å²) in [5.74, 6) is 0.914. The third kappa shape index (κ3) is 8.53. The van der Waals surface area contributed by atoms with Crippen molar-refractivity contribution in [2.45, 2.75) is 65.2 Å². The molecule has 5 nitrogen and oxygen atoms in total. The molecule has 1 rings (SSSR count). The van der Waals surface area contributed by atoms with E-state index in [2.05, 4.69) is 33.8 Å². The van der Waals surface area contributed by atoms with Crippen LogP contribution < -0.4 is 5.32 Å². The average Bonchev–Trinajstić information content (AvgIpc) is 2.53. The molecule has 0 aliphatic carbocycles. The van der Waals surface area contributed by atoms with Crippen LogP contribution in [0.3, 0.4) is 0 Å². The van der Waals surface area contributed by atoms with Gasteiger partial charge in [0, 0.05) is 33.1 Å². The number of carbonyl (C=O) groups is 1. The Hall–Kier alpha value is -0.530. The Bertz CT molecular complexity index is 386. The van der Waals surface area contributed by atoms with Gasteiger partial charge in [0.25, 0.3) is 0 Å². The highest BCUT2D eigenvalue weighted by molar-refractivity contribution is 14.0. The van der Waals surface area contributed by atoms with Crippen LogP contribution >= 0.6 is 24.0 Å². The first-order valence-electron chi connectivity index (χ1n) is 9.07. The molecule has 1 atom stereocenters. The number of likely N-dealkylation sites (tertiary alicyclic amines) is 1. The van der Waals surface area contributed by atoms with Crippen LogP contribution in [0.15, 0.2) is 4.99 Å². The van der Waals surface area contributed by atoms with E-state index < -0.39 is 0 Å². The van der Waals surface area contributed by atoms with E-state index in [0.29, 0.717) is 11.8 Å². The van der Waals surface area contributed by atoms with E-state index in [-0.39, 0.29) is 29.9 Å². The number of halogens is 1. The zero-order valence-electron chi connectivity index (χ0n) is 15.9. The molecule has 0 saturated carbocycles. The lowest BCUT2D eigenvalue weighted by atomic mass is 9.78. The average molecular weight is 453 g/mol. The minimum atomic E-state index is -0.114. The van der Waals surface area contributed by atoms with Gasteiger partial charge in [-0.2, -0.15) is 0 Å². The van der Waals surface area contributed by atoms with E-state index in [1.165, 1.54) is 32.8 Å². The Balaban J connectivity index is 0.00000529. The number of nitrogens with one attached hydrogen (secondary N) is 1. The SMILES string of the molecule is CCCC1(C)CCCN(C(=NC)NCCCCCC(=O)OC)C1.I. The van der Waals surface area contributed by atoms with Crippen LogP contribution in [-0.2, 0) is 9.53 Å². The lowest BCUT2D eigenvalue weighted by Crippen LogP contribution is -2.49. The topological polar surface area (TPSA) is 53.9 Å². The number of ether oxygens (including phenoxy) is 1. The van der Waals surface area contributed by atoms with Crippen LogP contribution in [-0.4, -0.2) is 50.6 Å². The van der Waals surface area contributed by atoms with Gasteiger partial charge in [0.15, 0.2) is 5.96 Å². The van der Waals surface area contributed by atoms with Gasteiger partial charge in [-0.15, -0.1) is 24.0 Å². The second-order valence-corrected chi connectivity index (χ2v) is 6.95. The van der Waals surface area contributed by atoms with Gasteiger partial charge >= 0.3 is 5.97 Å². The third-order valence-corrected chi connectivity index (χ3v) is 4.71. The largest absolute Gasteiger partial charge is 0.469 e. The van der Waals surface area contributed by atoms with Crippen LogP contribution in [0.4, 0.5) is 0 Å². The van der Waals surface area contributed by atoms with Crippen molar-refractivity contribution in [3.05, 3.63) is 0 Å². The number of unbranched alkanes of at least 4 members (excludes halogenated alkanes) is 2. The smallest absolute Gasteiger partial charge is 0.305 e. The maximum atomic E-state index is 11.1. The molecule has 24 heavy (non-hydrogen) atoms. The number of carbonyl (C=O) groups excluding carboxylic acids is 1. The van der Waals surface area contributed by atoms with Crippen molar-refractivity contribution in [1.82, 2.24) is 10.2 Å². The summed E-state index contributed by atoms with van der Waals surface area (Å²) in [6.45, 7) is 7.79. The molecule has 1 unspecified atom stereocenters. The molecule has 6 heteroatoms. The lowest BCUT2D eigenvalue weighted by molar-refractivity contribution is -0.140. The minimum absolute atomic E-state index is 0. The maximum Gasteiger partial charge on any atom is 0.305 e. The number of aliphatic imine (C=N–C) groups is 1. The van der Waals surface area contributed by atoms with Gasteiger partial charge in [0.2, 0.25) is 0 Å². The molecule has 0 radical (unpaired) electrons. The predicted molar refractivity (Wildman–Crippen MR) is 111 cm³/mol. The van der Waals surface area contributed by atoms with E-state index in [4.69, 9.17) is 0 Å². The van der Waals surface area contributed by atoms with Gasteiger partial charge < -0.3 is 15.0 Å². The molecule has 1 fully saturated rings. The fourth-order valence-electron chi connectivity index (χ4n) is 3.51. The number of nitrogens with zero attached hydrogens (tertiary/aromatic N) is 2. The number of hydrogen-bond donors (Lipinski definition) is 1. The summed E-state index contributed by atoms with van der Waals surface area (Å²) in [5, 5.41) is 3.48. The van der Waals surface area contributed by atoms with Gasteiger partial charge in [-0.1, -0.05) is 26.7 Å². The van der Waals surface area contributed by atoms with Crippen molar-refractivity contribution in [1.29, 1.82) is 0 Å². The molecule has 0 aromatic rings. The molecular weight excluding hydrogens is 417 g/mol. The van der Waals surface area contributed by atoms with Crippen molar-refractivity contribution >= 4 is 35.9 Å². The Morgan fingerprint density at radius 1 is 1.33 bits per heavy atom. The zero-order chi connectivity index (χ0) is 17.1. The highest BCUT2D eigenvalue weighted by atomic mass is 127. The summed E-state index contributed by atoms with van der Waals surface area (Å²) in [4.78, 5) is 17.9. The normalized spacial score (nSPS) is 21.2. The van der Waals surface area contributed by atoms with Crippen molar-refractivity contribution in [3.63, 3.8) is 0 Å². The van der Waals surface area contributed by atoms with Gasteiger partial charge in [0.1, 0.15) is 0 Å². The first-order valence-corrected chi connectivity index (χ1v) is 9.07. The summed E-state index contributed by atoms with van der Waals surface area (Å²) in [6.07, 6.45) is 8.60. The number of rotatable bonds is 8. The van der Waals surface area contributed by atoms with Crippen molar-refractivity contribution in [2.75, 3.05) is 33.8 Å². The molecule has 0 amide bonds. The van der Waals surface area contributed by atoms with E-state index >= 15 is 0 Å². The quantitative estimate of drug-likeness (QED) is 0.200. The standard InChI is InChI=1S/C18H35N3O2.HI/c1-5-11-18(2)12-9-14-21(15-18)17(19-3)20-13-8-6-7-10-16(22)23-4;/h5-15H2,1-4H3,(H,19,20);1H. The van der Waals surface area contributed by atoms with Crippen molar-refractivity contribution < 1.29 is 9.53 Å². The molecule has 0 bridgehead atoms. The summed E-state index contributed by atoms with van der Waals surface area (Å²) < 4.78 is 4.65. The van der Waals surface area contributed by atoms with Crippen molar-refractivity contribution in [2.24, 2.45) is 10.4 Å². The molecule has 1 aliphatic heterocycles. The first-order chi connectivity index (χ1) is 11.0. The monoisotopic (exact) mass is 453 g/mol. The predicted octanol–water partition coefficient (Wildman–Crippen LogP) is 3.82. The maximum absolute atomic E-state index is 11.1. The molecular formula is C18H36IN3O2. The van der Waals surface area contributed by atoms with Gasteiger partial charge in [-0.05, 0) is 37.5 Å². The number of piperidine rings is 1. The van der Waals surface area contributed by atoms with Gasteiger partial charge in [-0.25, -0.2) is 0 Å². The lowest BCUT2D eigenvalue weighted by Gasteiger charge is -2.42. The molecule has 1 N–H and O–H groups in total. The minimum Gasteiger partial charge on any atom is -0.469 e. The van der Waals surface area contributed by atoms with E-state index in [1.54, 1.807) is 0 Å². The van der Waals surface area contributed by atoms with E-state index in [1.807, 2.05) is 7.05 Å². The van der Waals surface area contributed by atoms with E-state index in [9.17, 15) is 4.79 Å². The van der Waals surface area contributed by atoms with Crippen LogP contribution in [0.25, 0.3) is 0 Å². The molecule has 0 aromatic carbocycles. The van der Waals surface area contributed by atoms with Crippen LogP contribution in [0.1, 0.15) is 65.2 Å². The van der Waals surface area contributed by atoms with Crippen LogP contribution in [0.5, 0.6) is 0 Å². The first kappa shape index (κ1) is 23.5. The molecule has 0 aromatic heterocycles. The Labute approximate surface area is 165 Å². The molecule has 1 aliphatic rings. The molecule has 142 valence electrons. The Kier molecular flexibility index (Phi) is 12.5. The van der Waals surface area contributed by atoms with E-state index in [0.717, 1.165) is 44.9 Å². The number of guanidine groups is 1. The Morgan fingerprint density at radius 2 is 2.08 bits per heavy atom. The van der Waals surface area contributed by atoms with Gasteiger partial charge in [0.05, 0.1) is 7.11 Å². The second kappa shape index (κ2) is 12.8. The second-order valence-electron chi connectivity index (χ2n) is 6.95. The van der Waals surface area contributed by atoms with Crippen LogP contribution in [0.2, 0.25) is 0 Å². The summed E-state index contributed by atoms with van der Waals surface area (Å²) in [6, 6.07) is 0. The highest BCUT2D eigenvalue weighted by Crippen LogP contribution is 2.33. The number of esters is 1. The van der Waals surface area contributed by atoms with Crippen molar-refractivity contribution in [3.8, 4) is 0 Å².